The van der Waals surface area contributed by atoms with Crippen LogP contribution < -0.4 is 0 Å². The number of rotatable bonds is 4. The van der Waals surface area contributed by atoms with Crippen molar-refractivity contribution in [2.24, 2.45) is 0 Å². The Hall–Kier alpha value is -6.64. The molecule has 250 valence electrons. The summed E-state index contributed by atoms with van der Waals surface area (Å²) in [6, 6.07) is 66.9. The van der Waals surface area contributed by atoms with Crippen LogP contribution in [-0.4, -0.2) is 9.13 Å². The molecule has 0 N–H and O–H groups in total. The van der Waals surface area contributed by atoms with Gasteiger partial charge in [-0.3, -0.25) is 0 Å². The van der Waals surface area contributed by atoms with Gasteiger partial charge in [0.15, 0.2) is 0 Å². The molecule has 2 heteroatoms. The van der Waals surface area contributed by atoms with Crippen LogP contribution in [0, 0.1) is 0 Å². The van der Waals surface area contributed by atoms with Gasteiger partial charge in [-0.05, 0) is 80.9 Å². The van der Waals surface area contributed by atoms with Gasteiger partial charge in [-0.1, -0.05) is 159 Å². The highest BCUT2D eigenvalue weighted by Crippen LogP contribution is 2.52. The monoisotopic (exact) mass is 676 g/mol. The van der Waals surface area contributed by atoms with E-state index in [1.807, 2.05) is 0 Å². The number of hydrogen-bond acceptors (Lipinski definition) is 0. The highest BCUT2D eigenvalue weighted by atomic mass is 15.0. The lowest BCUT2D eigenvalue weighted by atomic mass is 9.81. The summed E-state index contributed by atoms with van der Waals surface area (Å²) < 4.78 is 5.03. The zero-order valence-corrected chi connectivity index (χ0v) is 29.7. The molecule has 11 rings (SSSR count). The van der Waals surface area contributed by atoms with Crippen molar-refractivity contribution in [2.45, 2.75) is 19.3 Å². The fraction of sp³-hybridized carbons (Fsp3) is 0.0588. The number of fused-ring (bicyclic) bond motifs is 10. The van der Waals surface area contributed by atoms with Crippen molar-refractivity contribution in [2.75, 3.05) is 0 Å². The Kier molecular flexibility index (Phi) is 6.33. The van der Waals surface area contributed by atoms with E-state index in [-0.39, 0.29) is 5.41 Å². The molecule has 0 saturated heterocycles. The summed E-state index contributed by atoms with van der Waals surface area (Å²) in [5.74, 6) is 0. The van der Waals surface area contributed by atoms with Crippen molar-refractivity contribution < 1.29 is 0 Å². The van der Waals surface area contributed by atoms with Gasteiger partial charge in [-0.2, -0.15) is 0 Å². The Balaban J connectivity index is 1.17. The van der Waals surface area contributed by atoms with Gasteiger partial charge in [0.05, 0.1) is 27.8 Å². The van der Waals surface area contributed by atoms with Gasteiger partial charge in [0.1, 0.15) is 0 Å². The maximum Gasteiger partial charge on any atom is 0.0641 e. The van der Waals surface area contributed by atoms with E-state index >= 15 is 0 Å². The predicted molar refractivity (Wildman–Crippen MR) is 224 cm³/mol. The van der Waals surface area contributed by atoms with Gasteiger partial charge < -0.3 is 9.13 Å². The van der Waals surface area contributed by atoms with Crippen LogP contribution in [0.3, 0.4) is 0 Å². The molecule has 1 aliphatic carbocycles. The second-order valence-corrected chi connectivity index (χ2v) is 14.9. The molecule has 0 atom stereocenters. The zero-order chi connectivity index (χ0) is 35.3. The van der Waals surface area contributed by atoms with Crippen molar-refractivity contribution in [3.8, 4) is 44.8 Å². The molecule has 53 heavy (non-hydrogen) atoms. The first-order valence-electron chi connectivity index (χ1n) is 18.5. The first-order chi connectivity index (χ1) is 26.1. The molecule has 0 unspecified atom stereocenters. The van der Waals surface area contributed by atoms with Crippen LogP contribution >= 0.6 is 0 Å². The summed E-state index contributed by atoms with van der Waals surface area (Å²) in [5.41, 5.74) is 17.4. The average molecular weight is 677 g/mol. The smallest absolute Gasteiger partial charge is 0.0641 e. The van der Waals surface area contributed by atoms with Crippen molar-refractivity contribution in [1.82, 2.24) is 9.13 Å². The van der Waals surface area contributed by atoms with Crippen LogP contribution in [0.2, 0.25) is 0 Å². The average Bonchev–Trinajstić information content (AvgIpc) is 3.82. The maximum absolute atomic E-state index is 2.57. The molecular formula is C51H36N2. The first kappa shape index (κ1) is 30.0. The number of hydrogen-bond donors (Lipinski definition) is 0. The van der Waals surface area contributed by atoms with Gasteiger partial charge in [0.25, 0.3) is 0 Å². The Morgan fingerprint density at radius 2 is 1.00 bits per heavy atom. The second-order valence-electron chi connectivity index (χ2n) is 14.9. The van der Waals surface area contributed by atoms with E-state index < -0.39 is 0 Å². The van der Waals surface area contributed by atoms with Crippen LogP contribution in [0.1, 0.15) is 25.0 Å². The Morgan fingerprint density at radius 3 is 1.81 bits per heavy atom. The minimum Gasteiger partial charge on any atom is -0.309 e. The van der Waals surface area contributed by atoms with Gasteiger partial charge in [-0.15, -0.1) is 0 Å². The summed E-state index contributed by atoms with van der Waals surface area (Å²) in [6.45, 7) is 4.78. The molecule has 8 aromatic carbocycles. The van der Waals surface area contributed by atoms with E-state index in [1.54, 1.807) is 0 Å². The fourth-order valence-electron chi connectivity index (χ4n) is 9.35. The van der Waals surface area contributed by atoms with Gasteiger partial charge in [-0.25, -0.2) is 0 Å². The highest BCUT2D eigenvalue weighted by molar-refractivity contribution is 6.26. The number of para-hydroxylation sites is 2. The van der Waals surface area contributed by atoms with Crippen LogP contribution in [0.5, 0.6) is 0 Å². The SMILES string of the molecule is CC1(C)c2ccccc2-c2cccc(-n3c4ccccc4c4ccc5c(c6ccccc6n5-c5cccc(-c6ccc(-c7ccccc7)cc6)c5)c43)c21. The van der Waals surface area contributed by atoms with E-state index in [9.17, 15) is 0 Å². The number of aromatic nitrogens is 2. The third-order valence-corrected chi connectivity index (χ3v) is 11.7. The summed E-state index contributed by atoms with van der Waals surface area (Å²) in [6.07, 6.45) is 0. The molecule has 0 fully saturated rings. The minimum atomic E-state index is -0.151. The molecule has 0 saturated carbocycles. The summed E-state index contributed by atoms with van der Waals surface area (Å²) in [5, 5.41) is 5.07. The molecule has 10 aromatic rings. The molecule has 0 amide bonds. The molecule has 0 radical (unpaired) electrons. The summed E-state index contributed by atoms with van der Waals surface area (Å²) >= 11 is 0. The van der Waals surface area contributed by atoms with Gasteiger partial charge >= 0.3 is 0 Å². The molecule has 1 aliphatic rings. The van der Waals surface area contributed by atoms with Crippen molar-refractivity contribution in [3.05, 3.63) is 193 Å². The maximum atomic E-state index is 2.57. The quantitative estimate of drug-likeness (QED) is 0.176. The van der Waals surface area contributed by atoms with E-state index in [2.05, 4.69) is 205 Å². The lowest BCUT2D eigenvalue weighted by Gasteiger charge is -2.25. The molecule has 0 bridgehead atoms. The third-order valence-electron chi connectivity index (χ3n) is 11.7. The highest BCUT2D eigenvalue weighted by Gasteiger charge is 2.38. The lowest BCUT2D eigenvalue weighted by Crippen LogP contribution is -2.18. The van der Waals surface area contributed by atoms with Crippen LogP contribution in [0.15, 0.2) is 182 Å². The van der Waals surface area contributed by atoms with E-state index in [0.717, 1.165) is 5.69 Å². The topological polar surface area (TPSA) is 9.86 Å². The molecule has 0 spiro atoms. The molecule has 2 nitrogen and oxygen atoms in total. The largest absolute Gasteiger partial charge is 0.309 e. The Bertz CT molecular complexity index is 3060. The van der Waals surface area contributed by atoms with E-state index in [0.29, 0.717) is 0 Å². The Morgan fingerprint density at radius 1 is 0.396 bits per heavy atom. The zero-order valence-electron chi connectivity index (χ0n) is 29.7. The number of benzene rings is 8. The van der Waals surface area contributed by atoms with Crippen molar-refractivity contribution in [1.29, 1.82) is 0 Å². The summed E-state index contributed by atoms with van der Waals surface area (Å²) in [7, 11) is 0. The molecule has 2 aromatic heterocycles. The van der Waals surface area contributed by atoms with E-state index in [1.165, 1.54) is 93.8 Å². The normalized spacial score (nSPS) is 13.2. The minimum absolute atomic E-state index is 0.151. The third kappa shape index (κ3) is 4.27. The van der Waals surface area contributed by atoms with Crippen molar-refractivity contribution in [3.63, 3.8) is 0 Å². The summed E-state index contributed by atoms with van der Waals surface area (Å²) in [4.78, 5) is 0. The van der Waals surface area contributed by atoms with Crippen LogP contribution in [0.25, 0.3) is 88.4 Å². The fourth-order valence-corrected chi connectivity index (χ4v) is 9.35. The molecule has 2 heterocycles. The Labute approximate surface area is 308 Å². The van der Waals surface area contributed by atoms with Crippen molar-refractivity contribution >= 4 is 43.6 Å². The standard InChI is InChI=1S/C51H36N2/c1-51(2)43-22-9-6-18-38(43)40-21-13-25-47(49(40)51)53-44-23-10-7-19-39(44)41-30-31-46-48(50(41)53)42-20-8-11-24-45(42)52(46)37-17-12-16-36(32-37)35-28-26-34(27-29-35)33-14-4-3-5-15-33/h3-32H,1-2H3. The molecule has 0 aliphatic heterocycles. The molecular weight excluding hydrogens is 641 g/mol. The first-order valence-corrected chi connectivity index (χ1v) is 18.5. The van der Waals surface area contributed by atoms with Gasteiger partial charge in [0.2, 0.25) is 0 Å². The van der Waals surface area contributed by atoms with Crippen LogP contribution in [-0.2, 0) is 5.41 Å². The number of nitrogens with zero attached hydrogens (tertiary/aromatic N) is 2. The van der Waals surface area contributed by atoms with E-state index in [4.69, 9.17) is 0 Å². The van der Waals surface area contributed by atoms with Crippen LogP contribution in [0.4, 0.5) is 0 Å². The second kappa shape index (κ2) is 11.2. The predicted octanol–water partition coefficient (Wildman–Crippen LogP) is 13.5. The van der Waals surface area contributed by atoms with Gasteiger partial charge in [0, 0.05) is 32.6 Å². The lowest BCUT2D eigenvalue weighted by molar-refractivity contribution is 0.656.